The van der Waals surface area contributed by atoms with Crippen molar-refractivity contribution in [1.82, 2.24) is 0 Å². The standard InChI is InChI=1S/C22H22ClF3O3/c1-2-3-17(21(27)28)15-10-18(14-6-8-16(9-7-14)22(24,25)26)20(19(23)11-15)29-12-13-4-5-13/h6-11,13,17H,2-5,12H2,1H3,(H,27,28). The molecule has 1 unspecified atom stereocenters. The fraction of sp³-hybridized carbons (Fsp3) is 0.409. The van der Waals surface area contributed by atoms with E-state index in [1.807, 2.05) is 6.92 Å². The smallest absolute Gasteiger partial charge is 0.416 e. The van der Waals surface area contributed by atoms with E-state index in [2.05, 4.69) is 0 Å². The van der Waals surface area contributed by atoms with Crippen molar-refractivity contribution in [1.29, 1.82) is 0 Å². The molecule has 1 saturated carbocycles. The van der Waals surface area contributed by atoms with Crippen molar-refractivity contribution >= 4 is 17.6 Å². The first-order chi connectivity index (χ1) is 13.7. The van der Waals surface area contributed by atoms with Crippen LogP contribution in [0.4, 0.5) is 13.2 Å². The Morgan fingerprint density at radius 2 is 1.90 bits per heavy atom. The molecule has 0 spiro atoms. The number of carboxylic acid groups (broad SMARTS) is 1. The third kappa shape index (κ3) is 5.24. The molecule has 1 aliphatic rings. The number of benzene rings is 2. The molecule has 1 atom stereocenters. The van der Waals surface area contributed by atoms with Crippen LogP contribution in [-0.2, 0) is 11.0 Å². The first-order valence-electron chi connectivity index (χ1n) is 9.57. The van der Waals surface area contributed by atoms with Gasteiger partial charge in [0.25, 0.3) is 0 Å². The van der Waals surface area contributed by atoms with Gasteiger partial charge in [0.2, 0.25) is 0 Å². The first kappa shape index (κ1) is 21.5. The SMILES string of the molecule is CCCC(C(=O)O)c1cc(Cl)c(OCC2CC2)c(-c2ccc(C(F)(F)F)cc2)c1. The fourth-order valence-electron chi connectivity index (χ4n) is 3.22. The molecule has 156 valence electrons. The van der Waals surface area contributed by atoms with Gasteiger partial charge >= 0.3 is 12.1 Å². The molecule has 0 aliphatic heterocycles. The van der Waals surface area contributed by atoms with Crippen LogP contribution < -0.4 is 4.74 Å². The van der Waals surface area contributed by atoms with Gasteiger partial charge in [0.1, 0.15) is 5.75 Å². The zero-order chi connectivity index (χ0) is 21.2. The summed E-state index contributed by atoms with van der Waals surface area (Å²) in [6, 6.07) is 7.98. The quantitative estimate of drug-likeness (QED) is 0.506. The molecule has 3 rings (SSSR count). The van der Waals surface area contributed by atoms with E-state index < -0.39 is 23.6 Å². The van der Waals surface area contributed by atoms with E-state index in [0.717, 1.165) is 25.0 Å². The Morgan fingerprint density at radius 3 is 2.41 bits per heavy atom. The van der Waals surface area contributed by atoms with Crippen LogP contribution in [0, 0.1) is 5.92 Å². The summed E-state index contributed by atoms with van der Waals surface area (Å²) < 4.78 is 44.6. The molecule has 29 heavy (non-hydrogen) atoms. The molecule has 7 heteroatoms. The number of rotatable bonds is 8. The minimum Gasteiger partial charge on any atom is -0.491 e. The lowest BCUT2D eigenvalue weighted by atomic mass is 9.91. The van der Waals surface area contributed by atoms with Crippen molar-refractivity contribution < 1.29 is 27.8 Å². The monoisotopic (exact) mass is 426 g/mol. The molecule has 0 bridgehead atoms. The van der Waals surface area contributed by atoms with Crippen molar-refractivity contribution in [2.24, 2.45) is 5.92 Å². The molecule has 0 saturated heterocycles. The Hall–Kier alpha value is -2.21. The summed E-state index contributed by atoms with van der Waals surface area (Å²) in [6.45, 7) is 2.37. The van der Waals surface area contributed by atoms with E-state index >= 15 is 0 Å². The highest BCUT2D eigenvalue weighted by molar-refractivity contribution is 6.32. The highest BCUT2D eigenvalue weighted by atomic mass is 35.5. The molecule has 1 N–H and O–H groups in total. The summed E-state index contributed by atoms with van der Waals surface area (Å²) in [6.07, 6.45) is -1.19. The molecular weight excluding hydrogens is 405 g/mol. The number of carboxylic acids is 1. The molecule has 0 aromatic heterocycles. The molecule has 3 nitrogen and oxygen atoms in total. The minimum absolute atomic E-state index is 0.264. The van der Waals surface area contributed by atoms with E-state index in [1.54, 1.807) is 12.1 Å². The van der Waals surface area contributed by atoms with Gasteiger partial charge < -0.3 is 9.84 Å². The van der Waals surface area contributed by atoms with Gasteiger partial charge in [-0.05, 0) is 60.6 Å². The maximum Gasteiger partial charge on any atom is 0.416 e. The first-order valence-corrected chi connectivity index (χ1v) is 9.95. The Morgan fingerprint density at radius 1 is 1.24 bits per heavy atom. The number of halogens is 4. The number of ether oxygens (including phenoxy) is 1. The fourth-order valence-corrected chi connectivity index (χ4v) is 3.50. The Bertz CT molecular complexity index is 874. The Balaban J connectivity index is 2.05. The lowest BCUT2D eigenvalue weighted by molar-refractivity contribution is -0.139. The van der Waals surface area contributed by atoms with Crippen molar-refractivity contribution in [3.8, 4) is 16.9 Å². The van der Waals surface area contributed by atoms with Gasteiger partial charge in [-0.1, -0.05) is 37.1 Å². The minimum atomic E-state index is -4.43. The second-order valence-electron chi connectivity index (χ2n) is 7.39. The summed E-state index contributed by atoms with van der Waals surface area (Å²) in [4.78, 5) is 11.7. The summed E-state index contributed by atoms with van der Waals surface area (Å²) in [5.41, 5.74) is 0.758. The van der Waals surface area contributed by atoms with Gasteiger partial charge in [0, 0.05) is 5.56 Å². The second kappa shape index (κ2) is 8.66. The molecule has 2 aromatic rings. The predicted molar refractivity (Wildman–Crippen MR) is 105 cm³/mol. The summed E-state index contributed by atoms with van der Waals surface area (Å²) in [5.74, 6) is -0.878. The average Bonchev–Trinajstić information content (AvgIpc) is 3.48. The van der Waals surface area contributed by atoms with E-state index in [-0.39, 0.29) is 5.02 Å². The van der Waals surface area contributed by atoms with Gasteiger partial charge in [0.05, 0.1) is 23.1 Å². The van der Waals surface area contributed by atoms with Crippen LogP contribution in [0.25, 0.3) is 11.1 Å². The third-order valence-electron chi connectivity index (χ3n) is 5.03. The summed E-state index contributed by atoms with van der Waals surface area (Å²) in [7, 11) is 0. The van der Waals surface area contributed by atoms with Crippen LogP contribution in [0.3, 0.4) is 0 Å². The second-order valence-corrected chi connectivity index (χ2v) is 7.80. The van der Waals surface area contributed by atoms with Gasteiger partial charge in [-0.3, -0.25) is 4.79 Å². The normalized spacial score (nSPS) is 15.2. The van der Waals surface area contributed by atoms with Crippen molar-refractivity contribution in [2.45, 2.75) is 44.7 Å². The predicted octanol–water partition coefficient (Wildman–Crippen LogP) is 6.78. The number of alkyl halides is 3. The Labute approximate surface area is 172 Å². The largest absolute Gasteiger partial charge is 0.491 e. The zero-order valence-corrected chi connectivity index (χ0v) is 16.7. The van der Waals surface area contributed by atoms with Gasteiger partial charge in [-0.2, -0.15) is 13.2 Å². The average molecular weight is 427 g/mol. The molecule has 0 heterocycles. The molecule has 1 fully saturated rings. The number of aliphatic carboxylic acids is 1. The number of carbonyl (C=O) groups is 1. The van der Waals surface area contributed by atoms with E-state index in [1.165, 1.54) is 12.1 Å². The highest BCUT2D eigenvalue weighted by Crippen LogP contribution is 2.42. The van der Waals surface area contributed by atoms with Crippen LogP contribution in [0.15, 0.2) is 36.4 Å². The zero-order valence-electron chi connectivity index (χ0n) is 15.9. The van der Waals surface area contributed by atoms with Gasteiger partial charge in [-0.15, -0.1) is 0 Å². The Kier molecular flexibility index (Phi) is 6.42. The van der Waals surface area contributed by atoms with Crippen LogP contribution in [-0.4, -0.2) is 17.7 Å². The summed E-state index contributed by atoms with van der Waals surface area (Å²) >= 11 is 6.44. The van der Waals surface area contributed by atoms with Crippen molar-refractivity contribution in [3.63, 3.8) is 0 Å². The third-order valence-corrected chi connectivity index (χ3v) is 5.31. The maximum atomic E-state index is 12.9. The van der Waals surface area contributed by atoms with E-state index in [9.17, 15) is 23.1 Å². The summed E-state index contributed by atoms with van der Waals surface area (Å²) in [5, 5.41) is 9.85. The van der Waals surface area contributed by atoms with Crippen LogP contribution in [0.2, 0.25) is 5.02 Å². The number of hydrogen-bond acceptors (Lipinski definition) is 2. The van der Waals surface area contributed by atoms with E-state index in [0.29, 0.717) is 47.8 Å². The molecule has 2 aromatic carbocycles. The lowest BCUT2D eigenvalue weighted by Gasteiger charge is -2.19. The molecule has 0 amide bonds. The lowest BCUT2D eigenvalue weighted by Crippen LogP contribution is -2.12. The van der Waals surface area contributed by atoms with Crippen LogP contribution in [0.1, 0.15) is 49.7 Å². The number of hydrogen-bond donors (Lipinski definition) is 1. The highest BCUT2D eigenvalue weighted by Gasteiger charge is 2.30. The molecule has 1 aliphatic carbocycles. The van der Waals surface area contributed by atoms with Crippen LogP contribution >= 0.6 is 11.6 Å². The van der Waals surface area contributed by atoms with Gasteiger partial charge in [-0.25, -0.2) is 0 Å². The van der Waals surface area contributed by atoms with Crippen molar-refractivity contribution in [3.05, 3.63) is 52.5 Å². The maximum absolute atomic E-state index is 12.9. The van der Waals surface area contributed by atoms with E-state index in [4.69, 9.17) is 16.3 Å². The van der Waals surface area contributed by atoms with Crippen molar-refractivity contribution in [2.75, 3.05) is 6.61 Å². The molecular formula is C22H22ClF3O3. The van der Waals surface area contributed by atoms with Gasteiger partial charge in [0.15, 0.2) is 0 Å². The molecule has 0 radical (unpaired) electrons. The van der Waals surface area contributed by atoms with Crippen LogP contribution in [0.5, 0.6) is 5.75 Å². The topological polar surface area (TPSA) is 46.5 Å².